The molecule has 68 valence electrons. The third-order valence-electron chi connectivity index (χ3n) is 2.20. The van der Waals surface area contributed by atoms with Crippen molar-refractivity contribution >= 4 is 13.5 Å². The molecule has 1 N–H and O–H groups in total. The molecule has 2 heteroatoms. The Kier molecular flexibility index (Phi) is 6.06. The van der Waals surface area contributed by atoms with Gasteiger partial charge in [0.1, 0.15) is 0 Å². The lowest BCUT2D eigenvalue weighted by Crippen LogP contribution is -2.30. The molecule has 0 radical (unpaired) electrons. The van der Waals surface area contributed by atoms with Gasteiger partial charge in [0.25, 0.3) is 0 Å². The summed E-state index contributed by atoms with van der Waals surface area (Å²) in [6.07, 6.45) is 4.25. The van der Waals surface area contributed by atoms with Crippen LogP contribution < -0.4 is 5.32 Å². The lowest BCUT2D eigenvalue weighted by atomic mass is 9.91. The minimum absolute atomic E-state index is 0. The fourth-order valence-electron chi connectivity index (χ4n) is 1.79. The van der Waals surface area contributed by atoms with E-state index >= 15 is 0 Å². The fourth-order valence-corrected chi connectivity index (χ4v) is 1.79. The standard InChI is InChI=1S/C9H19N.H2S/c1-8(2)6-9-4-3-5-10-7-9;/h8-10H,3-7H2,1-2H3;1H2/t9-;/m1./s1. The zero-order valence-electron chi connectivity index (χ0n) is 7.69. The molecule has 0 aromatic carbocycles. The Morgan fingerprint density at radius 1 is 1.45 bits per heavy atom. The molecule has 0 amide bonds. The molecule has 1 heterocycles. The Bertz CT molecular complexity index is 87.6. The first-order valence-electron chi connectivity index (χ1n) is 4.49. The molecular weight excluding hydrogens is 154 g/mol. The Balaban J connectivity index is 0.000001000. The molecule has 1 nitrogen and oxygen atoms in total. The first-order chi connectivity index (χ1) is 4.79. The molecule has 1 atom stereocenters. The first kappa shape index (κ1) is 11.3. The van der Waals surface area contributed by atoms with Gasteiger partial charge in [0.15, 0.2) is 0 Å². The van der Waals surface area contributed by atoms with Gasteiger partial charge in [0.05, 0.1) is 0 Å². The number of hydrogen-bond donors (Lipinski definition) is 1. The van der Waals surface area contributed by atoms with Gasteiger partial charge < -0.3 is 5.32 Å². The van der Waals surface area contributed by atoms with Crippen LogP contribution in [0.1, 0.15) is 33.1 Å². The van der Waals surface area contributed by atoms with Gasteiger partial charge in [-0.2, -0.15) is 13.5 Å². The summed E-state index contributed by atoms with van der Waals surface area (Å²) in [6.45, 7) is 7.13. The largest absolute Gasteiger partial charge is 0.316 e. The Morgan fingerprint density at radius 2 is 2.18 bits per heavy atom. The molecule has 0 saturated carbocycles. The Morgan fingerprint density at radius 3 is 2.64 bits per heavy atom. The van der Waals surface area contributed by atoms with E-state index in [1.807, 2.05) is 0 Å². The maximum Gasteiger partial charge on any atom is -0.00204 e. The van der Waals surface area contributed by atoms with Crippen LogP contribution in [0.2, 0.25) is 0 Å². The predicted molar refractivity (Wildman–Crippen MR) is 55.4 cm³/mol. The maximum absolute atomic E-state index is 3.44. The SMILES string of the molecule is CC(C)C[C@H]1CCCNC1.S. The highest BCUT2D eigenvalue weighted by Gasteiger charge is 2.13. The maximum atomic E-state index is 3.44. The van der Waals surface area contributed by atoms with E-state index in [-0.39, 0.29) is 13.5 Å². The zero-order valence-corrected chi connectivity index (χ0v) is 8.69. The lowest BCUT2D eigenvalue weighted by Gasteiger charge is -2.23. The molecule has 1 saturated heterocycles. The number of nitrogens with one attached hydrogen (secondary N) is 1. The molecular formula is C9H21NS. The number of hydrogen-bond acceptors (Lipinski definition) is 1. The fraction of sp³-hybridized carbons (Fsp3) is 1.00. The summed E-state index contributed by atoms with van der Waals surface area (Å²) in [4.78, 5) is 0. The van der Waals surface area contributed by atoms with Crippen molar-refractivity contribution in [3.8, 4) is 0 Å². The van der Waals surface area contributed by atoms with Crippen molar-refractivity contribution in [2.24, 2.45) is 11.8 Å². The van der Waals surface area contributed by atoms with Crippen molar-refractivity contribution in [3.05, 3.63) is 0 Å². The van der Waals surface area contributed by atoms with Crippen molar-refractivity contribution in [2.45, 2.75) is 33.1 Å². The van der Waals surface area contributed by atoms with Gasteiger partial charge in [-0.25, -0.2) is 0 Å². The monoisotopic (exact) mass is 175 g/mol. The van der Waals surface area contributed by atoms with Crippen molar-refractivity contribution in [1.29, 1.82) is 0 Å². The van der Waals surface area contributed by atoms with E-state index < -0.39 is 0 Å². The number of piperidine rings is 1. The molecule has 1 rings (SSSR count). The molecule has 0 aromatic rings. The molecule has 0 aliphatic carbocycles. The molecule has 0 spiro atoms. The summed E-state index contributed by atoms with van der Waals surface area (Å²) in [5.41, 5.74) is 0. The molecule has 1 fully saturated rings. The second kappa shape index (κ2) is 5.90. The molecule has 1 aliphatic heterocycles. The van der Waals surface area contributed by atoms with E-state index in [4.69, 9.17) is 0 Å². The predicted octanol–water partition coefficient (Wildman–Crippen LogP) is 2.14. The van der Waals surface area contributed by atoms with Crippen LogP contribution in [0.3, 0.4) is 0 Å². The van der Waals surface area contributed by atoms with Crippen LogP contribution in [0.15, 0.2) is 0 Å². The molecule has 0 bridgehead atoms. The lowest BCUT2D eigenvalue weighted by molar-refractivity contribution is 0.322. The average Bonchev–Trinajstić information content (AvgIpc) is 1.88. The summed E-state index contributed by atoms with van der Waals surface area (Å²) in [6, 6.07) is 0. The third kappa shape index (κ3) is 4.70. The minimum Gasteiger partial charge on any atom is -0.316 e. The van der Waals surface area contributed by atoms with Crippen LogP contribution >= 0.6 is 13.5 Å². The summed E-state index contributed by atoms with van der Waals surface area (Å²) in [5, 5.41) is 3.44. The normalized spacial score (nSPS) is 24.8. The van der Waals surface area contributed by atoms with Crippen LogP contribution in [-0.4, -0.2) is 13.1 Å². The topological polar surface area (TPSA) is 12.0 Å². The van der Waals surface area contributed by atoms with Gasteiger partial charge in [-0.1, -0.05) is 13.8 Å². The second-order valence-electron chi connectivity index (χ2n) is 3.84. The van der Waals surface area contributed by atoms with Gasteiger partial charge in [-0.15, -0.1) is 0 Å². The summed E-state index contributed by atoms with van der Waals surface area (Å²) < 4.78 is 0. The van der Waals surface area contributed by atoms with E-state index in [0.717, 1.165) is 11.8 Å². The zero-order chi connectivity index (χ0) is 7.40. The van der Waals surface area contributed by atoms with E-state index in [9.17, 15) is 0 Å². The van der Waals surface area contributed by atoms with Gasteiger partial charge in [-0.05, 0) is 44.2 Å². The highest BCUT2D eigenvalue weighted by atomic mass is 32.1. The van der Waals surface area contributed by atoms with Crippen molar-refractivity contribution in [1.82, 2.24) is 5.32 Å². The summed E-state index contributed by atoms with van der Waals surface area (Å²) in [5.74, 6) is 1.85. The van der Waals surface area contributed by atoms with Crippen molar-refractivity contribution < 1.29 is 0 Å². The number of rotatable bonds is 2. The minimum atomic E-state index is 0. The molecule has 0 unspecified atom stereocenters. The van der Waals surface area contributed by atoms with E-state index in [0.29, 0.717) is 0 Å². The smallest absolute Gasteiger partial charge is 0.00204 e. The van der Waals surface area contributed by atoms with E-state index in [1.165, 1.54) is 32.4 Å². The van der Waals surface area contributed by atoms with Gasteiger partial charge >= 0.3 is 0 Å². The summed E-state index contributed by atoms with van der Waals surface area (Å²) >= 11 is 0. The highest BCUT2D eigenvalue weighted by molar-refractivity contribution is 7.59. The Hall–Kier alpha value is 0.310. The highest BCUT2D eigenvalue weighted by Crippen LogP contribution is 2.18. The van der Waals surface area contributed by atoms with Crippen LogP contribution in [0.4, 0.5) is 0 Å². The first-order valence-corrected chi connectivity index (χ1v) is 4.49. The average molecular weight is 175 g/mol. The van der Waals surface area contributed by atoms with Gasteiger partial charge in [0, 0.05) is 0 Å². The van der Waals surface area contributed by atoms with Gasteiger partial charge in [-0.3, -0.25) is 0 Å². The van der Waals surface area contributed by atoms with E-state index in [1.54, 1.807) is 0 Å². The second-order valence-corrected chi connectivity index (χ2v) is 3.84. The van der Waals surface area contributed by atoms with E-state index in [2.05, 4.69) is 19.2 Å². The molecule has 0 aromatic heterocycles. The third-order valence-corrected chi connectivity index (χ3v) is 2.20. The van der Waals surface area contributed by atoms with Crippen LogP contribution in [0.5, 0.6) is 0 Å². The van der Waals surface area contributed by atoms with Crippen molar-refractivity contribution in [3.63, 3.8) is 0 Å². The van der Waals surface area contributed by atoms with Crippen LogP contribution in [0, 0.1) is 11.8 Å². The van der Waals surface area contributed by atoms with Crippen molar-refractivity contribution in [2.75, 3.05) is 13.1 Å². The quantitative estimate of drug-likeness (QED) is 0.678. The molecule has 1 aliphatic rings. The molecule has 11 heavy (non-hydrogen) atoms. The van der Waals surface area contributed by atoms with Crippen LogP contribution in [0.25, 0.3) is 0 Å². The Labute approximate surface area is 77.4 Å². The summed E-state index contributed by atoms with van der Waals surface area (Å²) in [7, 11) is 0. The van der Waals surface area contributed by atoms with Gasteiger partial charge in [0.2, 0.25) is 0 Å². The van der Waals surface area contributed by atoms with Crippen LogP contribution in [-0.2, 0) is 0 Å².